The number of para-hydroxylation sites is 1. The number of carboxylic acid groups (broad SMARTS) is 1. The van der Waals surface area contributed by atoms with Gasteiger partial charge in [-0.15, -0.1) is 0 Å². The Labute approximate surface area is 196 Å². The molecule has 3 rings (SSSR count). The molecule has 5 nitrogen and oxygen atoms in total. The number of carboxylic acids is 1. The minimum absolute atomic E-state index is 0.0476. The van der Waals surface area contributed by atoms with E-state index in [1.807, 2.05) is 18.2 Å². The monoisotopic (exact) mass is 500 g/mol. The van der Waals surface area contributed by atoms with Gasteiger partial charge in [0.2, 0.25) is 0 Å². The van der Waals surface area contributed by atoms with Gasteiger partial charge in [0.25, 0.3) is 5.91 Å². The number of rotatable bonds is 7. The maximum absolute atomic E-state index is 13.3. The van der Waals surface area contributed by atoms with Crippen molar-refractivity contribution in [2.45, 2.75) is 44.6 Å². The van der Waals surface area contributed by atoms with Crippen LogP contribution < -0.4 is 0 Å². The lowest BCUT2D eigenvalue weighted by Gasteiger charge is -2.29. The van der Waals surface area contributed by atoms with Crippen LogP contribution in [-0.2, 0) is 23.6 Å². The van der Waals surface area contributed by atoms with Crippen LogP contribution in [0.4, 0.5) is 26.3 Å². The van der Waals surface area contributed by atoms with E-state index in [4.69, 9.17) is 5.11 Å². The fourth-order valence-electron chi connectivity index (χ4n) is 4.00. The Balaban J connectivity index is 2.01. The van der Waals surface area contributed by atoms with E-state index in [1.54, 1.807) is 13.0 Å². The SMILES string of the molecule is Cc1[nH]c2ccccc2c1CC(CCC(=O)O)N(C)C(=O)c1cc(C(F)(F)F)cc(C(F)(F)F)c1. The van der Waals surface area contributed by atoms with Crippen LogP contribution in [0.5, 0.6) is 0 Å². The Morgan fingerprint density at radius 2 is 1.57 bits per heavy atom. The molecule has 0 saturated heterocycles. The first-order chi connectivity index (χ1) is 16.2. The molecule has 11 heteroatoms. The topological polar surface area (TPSA) is 73.4 Å². The third-order valence-electron chi connectivity index (χ3n) is 5.86. The molecule has 0 aliphatic heterocycles. The van der Waals surface area contributed by atoms with Crippen molar-refractivity contribution in [3.05, 3.63) is 70.4 Å². The second kappa shape index (κ2) is 9.63. The number of H-pyrrole nitrogens is 1. The number of likely N-dealkylation sites (N-methyl/N-ethyl adjacent to an activating group) is 1. The van der Waals surface area contributed by atoms with Gasteiger partial charge in [0, 0.05) is 41.7 Å². The molecule has 188 valence electrons. The van der Waals surface area contributed by atoms with Crippen LogP contribution in [0.15, 0.2) is 42.5 Å². The number of alkyl halides is 6. The summed E-state index contributed by atoms with van der Waals surface area (Å²) in [5, 5.41) is 9.97. The van der Waals surface area contributed by atoms with Crippen molar-refractivity contribution in [3.63, 3.8) is 0 Å². The van der Waals surface area contributed by atoms with Gasteiger partial charge in [0.1, 0.15) is 0 Å². The molecule has 1 unspecified atom stereocenters. The molecule has 2 N–H and O–H groups in total. The van der Waals surface area contributed by atoms with E-state index in [1.165, 1.54) is 7.05 Å². The summed E-state index contributed by atoms with van der Waals surface area (Å²) in [6.45, 7) is 1.79. The van der Waals surface area contributed by atoms with E-state index < -0.39 is 47.0 Å². The van der Waals surface area contributed by atoms with Crippen molar-refractivity contribution in [3.8, 4) is 0 Å². The summed E-state index contributed by atoms with van der Waals surface area (Å²) in [6.07, 6.45) is -10.4. The molecule has 2 aromatic carbocycles. The molecule has 35 heavy (non-hydrogen) atoms. The van der Waals surface area contributed by atoms with Gasteiger partial charge in [-0.05, 0) is 49.6 Å². The van der Waals surface area contributed by atoms with Crippen molar-refractivity contribution in [2.24, 2.45) is 0 Å². The molecule has 3 aromatic rings. The minimum atomic E-state index is -5.10. The van der Waals surface area contributed by atoms with Crippen molar-refractivity contribution < 1.29 is 41.0 Å². The summed E-state index contributed by atoms with van der Waals surface area (Å²) < 4.78 is 79.5. The van der Waals surface area contributed by atoms with E-state index in [-0.39, 0.29) is 25.3 Å². The number of hydrogen-bond donors (Lipinski definition) is 2. The highest BCUT2D eigenvalue weighted by Gasteiger charge is 2.38. The third kappa shape index (κ3) is 5.95. The van der Waals surface area contributed by atoms with Gasteiger partial charge in [-0.1, -0.05) is 18.2 Å². The quantitative estimate of drug-likeness (QED) is 0.387. The molecule has 0 spiro atoms. The van der Waals surface area contributed by atoms with E-state index in [0.717, 1.165) is 27.1 Å². The highest BCUT2D eigenvalue weighted by molar-refractivity contribution is 5.95. The fourth-order valence-corrected chi connectivity index (χ4v) is 4.00. The number of aliphatic carboxylic acids is 1. The van der Waals surface area contributed by atoms with Gasteiger partial charge in [-0.2, -0.15) is 26.3 Å². The molecule has 1 amide bonds. The molecule has 1 atom stereocenters. The van der Waals surface area contributed by atoms with Gasteiger partial charge in [0.05, 0.1) is 11.1 Å². The summed E-state index contributed by atoms with van der Waals surface area (Å²) in [4.78, 5) is 28.5. The number of aromatic amines is 1. The average Bonchev–Trinajstić information content (AvgIpc) is 3.08. The lowest BCUT2D eigenvalue weighted by atomic mass is 9.97. The molecule has 0 aliphatic carbocycles. The zero-order valence-electron chi connectivity index (χ0n) is 18.7. The van der Waals surface area contributed by atoms with Crippen LogP contribution >= 0.6 is 0 Å². The van der Waals surface area contributed by atoms with Gasteiger partial charge < -0.3 is 15.0 Å². The predicted molar refractivity (Wildman–Crippen MR) is 116 cm³/mol. The number of aryl methyl sites for hydroxylation is 1. The van der Waals surface area contributed by atoms with Gasteiger partial charge in [-0.3, -0.25) is 9.59 Å². The summed E-state index contributed by atoms with van der Waals surface area (Å²) in [5.74, 6) is -2.22. The molecular weight excluding hydrogens is 478 g/mol. The lowest BCUT2D eigenvalue weighted by molar-refractivity contribution is -0.143. The summed E-state index contributed by atoms with van der Waals surface area (Å²) >= 11 is 0. The Hall–Kier alpha value is -3.50. The van der Waals surface area contributed by atoms with Gasteiger partial charge in [0.15, 0.2) is 0 Å². The van der Waals surface area contributed by atoms with Crippen LogP contribution in [0, 0.1) is 6.92 Å². The summed E-state index contributed by atoms with van der Waals surface area (Å²) in [5.41, 5.74) is -1.65. The number of aromatic nitrogens is 1. The number of hydrogen-bond acceptors (Lipinski definition) is 2. The fraction of sp³-hybridized carbons (Fsp3) is 0.333. The number of nitrogens with zero attached hydrogens (tertiary/aromatic N) is 1. The predicted octanol–water partition coefficient (Wildman–Crippen LogP) is 6.06. The molecule has 0 bridgehead atoms. The van der Waals surface area contributed by atoms with Crippen molar-refractivity contribution in [2.75, 3.05) is 7.05 Å². The second-order valence-corrected chi connectivity index (χ2v) is 8.28. The molecular formula is C24H22F6N2O3. The van der Waals surface area contributed by atoms with Crippen LogP contribution in [-0.4, -0.2) is 40.0 Å². The number of carbonyl (C=O) groups excluding carboxylic acids is 1. The highest BCUT2D eigenvalue weighted by atomic mass is 19.4. The number of fused-ring (bicyclic) bond motifs is 1. The maximum atomic E-state index is 13.3. The van der Waals surface area contributed by atoms with E-state index >= 15 is 0 Å². The van der Waals surface area contributed by atoms with E-state index in [9.17, 15) is 35.9 Å². The zero-order valence-corrected chi connectivity index (χ0v) is 18.7. The maximum Gasteiger partial charge on any atom is 0.416 e. The lowest BCUT2D eigenvalue weighted by Crippen LogP contribution is -2.39. The first-order valence-corrected chi connectivity index (χ1v) is 10.5. The zero-order chi connectivity index (χ0) is 26.1. The number of carbonyl (C=O) groups is 2. The molecule has 0 radical (unpaired) electrons. The van der Waals surface area contributed by atoms with Crippen molar-refractivity contribution in [1.29, 1.82) is 0 Å². The second-order valence-electron chi connectivity index (χ2n) is 8.28. The molecule has 0 aliphatic rings. The molecule has 0 fully saturated rings. The number of benzene rings is 2. The molecule has 0 saturated carbocycles. The normalized spacial score (nSPS) is 13.1. The summed E-state index contributed by atoms with van der Waals surface area (Å²) in [6, 6.07) is 7.15. The van der Waals surface area contributed by atoms with Crippen molar-refractivity contribution >= 4 is 22.8 Å². The third-order valence-corrected chi connectivity index (χ3v) is 5.86. The molecule has 1 aromatic heterocycles. The van der Waals surface area contributed by atoms with Crippen LogP contribution in [0.1, 0.15) is 45.6 Å². The Bertz CT molecular complexity index is 1210. The molecule has 1 heterocycles. The standard InChI is InChI=1S/C24H22F6N2O3/c1-13-19(18-5-3-4-6-20(18)31-13)12-17(7-8-21(33)34)32(2)22(35)14-9-15(23(25,26)27)11-16(10-14)24(28,29)30/h3-6,9-11,17,31H,7-8,12H2,1-2H3,(H,33,34). The number of nitrogens with one attached hydrogen (secondary N) is 1. The van der Waals surface area contributed by atoms with Crippen LogP contribution in [0.25, 0.3) is 10.9 Å². The smallest absolute Gasteiger partial charge is 0.416 e. The van der Waals surface area contributed by atoms with Crippen molar-refractivity contribution in [1.82, 2.24) is 9.88 Å². The minimum Gasteiger partial charge on any atom is -0.481 e. The summed E-state index contributed by atoms with van der Waals surface area (Å²) in [7, 11) is 1.24. The van der Waals surface area contributed by atoms with Crippen LogP contribution in [0.2, 0.25) is 0 Å². The van der Waals surface area contributed by atoms with E-state index in [0.29, 0.717) is 12.1 Å². The largest absolute Gasteiger partial charge is 0.481 e. The van der Waals surface area contributed by atoms with Gasteiger partial charge >= 0.3 is 18.3 Å². The Morgan fingerprint density at radius 1 is 1.00 bits per heavy atom. The number of amides is 1. The number of halogens is 6. The highest BCUT2D eigenvalue weighted by Crippen LogP contribution is 2.37. The average molecular weight is 500 g/mol. The van der Waals surface area contributed by atoms with E-state index in [2.05, 4.69) is 4.98 Å². The first kappa shape index (κ1) is 26.1. The Morgan fingerprint density at radius 3 is 2.11 bits per heavy atom. The van der Waals surface area contributed by atoms with Gasteiger partial charge in [-0.25, -0.2) is 0 Å². The van der Waals surface area contributed by atoms with Crippen LogP contribution in [0.3, 0.4) is 0 Å². The Kier molecular flexibility index (Phi) is 7.18. The first-order valence-electron chi connectivity index (χ1n) is 10.5.